The second-order valence-electron chi connectivity index (χ2n) is 37.4. The lowest BCUT2D eigenvalue weighted by Crippen LogP contribution is -2.42. The van der Waals surface area contributed by atoms with Crippen molar-refractivity contribution in [1.82, 2.24) is 43.5 Å². The molecule has 0 unspecified atom stereocenters. The summed E-state index contributed by atoms with van der Waals surface area (Å²) in [7, 11) is 0. The van der Waals surface area contributed by atoms with Crippen LogP contribution in [0.1, 0.15) is 408 Å². The van der Waals surface area contributed by atoms with Crippen molar-refractivity contribution in [2.45, 2.75) is 393 Å². The van der Waals surface area contributed by atoms with Crippen LogP contribution in [0.5, 0.6) is 0 Å². The zero-order valence-corrected chi connectivity index (χ0v) is 84.8. The van der Waals surface area contributed by atoms with E-state index in [-0.39, 0.29) is 106 Å². The van der Waals surface area contributed by atoms with Crippen molar-refractivity contribution >= 4 is 94.3 Å². The molecule has 33 heteroatoms. The van der Waals surface area contributed by atoms with Crippen LogP contribution in [-0.4, -0.2) is 154 Å². The molecule has 6 atom stereocenters. The number of amides is 8. The highest BCUT2D eigenvalue weighted by Gasteiger charge is 2.32. The summed E-state index contributed by atoms with van der Waals surface area (Å²) in [4.78, 5) is 181. The van der Waals surface area contributed by atoms with Gasteiger partial charge in [-0.15, -0.1) is 23.2 Å². The maximum Gasteiger partial charge on any atom is 0.338 e. The number of esters is 2. The fourth-order valence-electron chi connectivity index (χ4n) is 12.5. The molecular formula is C100H171Cl2N9O22. The standard InChI is InChI=1S/C40H70N4O6.C28H44N2O8.C20H28N2O8.C10H23N.CH2Cl2.CH4/c1-7-9-11-13-15-17-19-21-26-41-39(47)35(28-31(3)4)49-43-37(45)33-24-23-25-34(30-33)38(46)44-50-36(29-32(5)6)40(48)42-27-22-20-18-16-14-12-10-8-2;1-17(2)14-21(25(33)35-27(5,6)7)37-29-23(31)19-12-11-13-20(16-19)24(32)30-38-22(15-18(3)4)26(34)36-28(8,9)10;1-11(2)8-15(19(25)26)29-21-17(23)13-6-5-7-14(10-13)18(24)22-30-16(20(27)28)9-12(3)4;1-2-3-4-5-6-7-8-9-10-11;2-1-3;/h23-25,30-32,35-36H,7-22,26-29H2,1-6H3,(H,41,47)(H,42,48)(H,43,45)(H,44,46);11-13,16-18,21-22H,14-15H2,1-10H3,(H,29,31)(H,30,32);5-7,10-12,15-16H,8-9H2,1-4H3,(H,21,23)(H,22,24)(H,25,26)(H,27,28);2-11H2,1H3;1H2;1H4/t35-,36-;21-,22-;15-,16-;;;/m111.../s1. The smallest absolute Gasteiger partial charge is 0.338 e. The Hall–Kier alpha value is -8.40. The number of nitrogens with two attached hydrogens (primary N) is 1. The number of rotatable bonds is 62. The summed E-state index contributed by atoms with van der Waals surface area (Å²) in [6, 6.07) is 17.4. The van der Waals surface area contributed by atoms with Crippen LogP contribution in [0, 0.1) is 35.5 Å². The highest BCUT2D eigenvalue weighted by molar-refractivity contribution is 6.40. The molecule has 0 heterocycles. The minimum absolute atomic E-state index is 0. The Labute approximate surface area is 805 Å². The molecular weight excluding hydrogens is 1750 g/mol. The lowest BCUT2D eigenvalue weighted by Gasteiger charge is -2.25. The van der Waals surface area contributed by atoms with Crippen LogP contribution < -0.4 is 49.2 Å². The number of carbonyl (C=O) groups excluding carboxylic acids is 10. The van der Waals surface area contributed by atoms with E-state index in [1.54, 1.807) is 59.7 Å². The second-order valence-corrected chi connectivity index (χ2v) is 38.2. The maximum atomic E-state index is 13.0. The van der Waals surface area contributed by atoms with Gasteiger partial charge in [0, 0.05) is 46.5 Å². The van der Waals surface area contributed by atoms with Gasteiger partial charge in [-0.3, -0.25) is 67.4 Å². The van der Waals surface area contributed by atoms with Crippen LogP contribution in [0.2, 0.25) is 0 Å². The Balaban J connectivity index is -0.00000181. The third-order valence-electron chi connectivity index (χ3n) is 19.2. The molecule has 12 N–H and O–H groups in total. The molecule has 8 amide bonds. The molecule has 0 saturated carbocycles. The van der Waals surface area contributed by atoms with Crippen LogP contribution in [-0.2, 0) is 67.3 Å². The Bertz CT molecular complexity index is 3500. The average Bonchev–Trinajstić information content (AvgIpc) is 0.856. The van der Waals surface area contributed by atoms with Crippen molar-refractivity contribution in [3.63, 3.8) is 0 Å². The van der Waals surface area contributed by atoms with E-state index in [1.807, 2.05) is 83.1 Å². The number of aliphatic carboxylic acids is 2. The molecule has 0 saturated heterocycles. The number of alkyl halides is 2. The van der Waals surface area contributed by atoms with Crippen LogP contribution in [0.25, 0.3) is 0 Å². The van der Waals surface area contributed by atoms with Crippen molar-refractivity contribution in [3.05, 3.63) is 106 Å². The maximum absolute atomic E-state index is 13.0. The van der Waals surface area contributed by atoms with Gasteiger partial charge in [0.15, 0.2) is 36.6 Å². The van der Waals surface area contributed by atoms with Gasteiger partial charge in [0.2, 0.25) is 0 Å². The van der Waals surface area contributed by atoms with Gasteiger partial charge in [-0.05, 0) is 196 Å². The number of hydrogen-bond donors (Lipinski definition) is 11. The number of unbranched alkanes of at least 4 members (excludes halogenated alkanes) is 21. The molecule has 133 heavy (non-hydrogen) atoms. The predicted octanol–water partition coefficient (Wildman–Crippen LogP) is 20.0. The molecule has 0 radical (unpaired) electrons. The summed E-state index contributed by atoms with van der Waals surface area (Å²) >= 11 is 9.53. The predicted molar refractivity (Wildman–Crippen MR) is 523 cm³/mol. The Kier molecular flexibility index (Phi) is 74.3. The van der Waals surface area contributed by atoms with Crippen molar-refractivity contribution in [2.75, 3.05) is 25.0 Å². The molecule has 0 spiro atoms. The number of carboxylic acid groups (broad SMARTS) is 2. The molecule has 3 aromatic rings. The minimum Gasteiger partial charge on any atom is -0.479 e. The first-order chi connectivity index (χ1) is 62.3. The molecule has 3 aromatic carbocycles. The highest BCUT2D eigenvalue weighted by atomic mass is 35.5. The van der Waals surface area contributed by atoms with E-state index in [1.165, 1.54) is 170 Å². The number of hydrogen-bond acceptors (Lipinski definition) is 21. The Morgan fingerprint density at radius 3 is 0.707 bits per heavy atom. The van der Waals surface area contributed by atoms with E-state index in [9.17, 15) is 57.5 Å². The molecule has 31 nitrogen and oxygen atoms in total. The van der Waals surface area contributed by atoms with Crippen molar-refractivity contribution in [1.29, 1.82) is 0 Å². The van der Waals surface area contributed by atoms with E-state index < -0.39 is 107 Å². The fourth-order valence-corrected chi connectivity index (χ4v) is 12.5. The summed E-state index contributed by atoms with van der Waals surface area (Å²) in [5.74, 6) is -7.38. The molecule has 762 valence electrons. The summed E-state index contributed by atoms with van der Waals surface area (Å²) in [5.41, 5.74) is 18.2. The molecule has 0 aliphatic heterocycles. The van der Waals surface area contributed by atoms with Crippen LogP contribution >= 0.6 is 23.2 Å². The van der Waals surface area contributed by atoms with Gasteiger partial charge in [0.1, 0.15) is 11.2 Å². The van der Waals surface area contributed by atoms with Gasteiger partial charge in [0.25, 0.3) is 47.3 Å². The first-order valence-electron chi connectivity index (χ1n) is 47.6. The van der Waals surface area contributed by atoms with Crippen LogP contribution in [0.4, 0.5) is 0 Å². The van der Waals surface area contributed by atoms with Gasteiger partial charge < -0.3 is 36.1 Å². The highest BCUT2D eigenvalue weighted by Crippen LogP contribution is 2.21. The van der Waals surface area contributed by atoms with Crippen molar-refractivity contribution in [2.24, 2.45) is 41.2 Å². The monoisotopic (exact) mass is 1920 g/mol. The number of hydroxylamine groups is 6. The number of benzene rings is 3. The van der Waals surface area contributed by atoms with E-state index in [0.717, 1.165) is 45.1 Å². The first-order valence-corrected chi connectivity index (χ1v) is 48.7. The number of carboxylic acids is 2. The molecule has 0 bridgehead atoms. The summed E-state index contributed by atoms with van der Waals surface area (Å²) in [6.45, 7) is 42.1. The Morgan fingerprint density at radius 2 is 0.504 bits per heavy atom. The van der Waals surface area contributed by atoms with E-state index >= 15 is 0 Å². The van der Waals surface area contributed by atoms with Gasteiger partial charge in [-0.25, -0.2) is 52.1 Å². The second kappa shape index (κ2) is 76.7. The first kappa shape index (κ1) is 129. The third kappa shape index (κ3) is 68.3. The lowest BCUT2D eigenvalue weighted by atomic mass is 10.1. The third-order valence-corrected chi connectivity index (χ3v) is 19.2. The Morgan fingerprint density at radius 1 is 0.316 bits per heavy atom. The minimum atomic E-state index is -1.21. The van der Waals surface area contributed by atoms with E-state index in [4.69, 9.17) is 77.6 Å². The number of ether oxygens (including phenoxy) is 2. The number of halogens is 2. The van der Waals surface area contributed by atoms with E-state index in [2.05, 4.69) is 64.3 Å². The molecule has 3 rings (SSSR count). The molecule has 0 aromatic heterocycles. The zero-order valence-electron chi connectivity index (χ0n) is 83.3. The summed E-state index contributed by atoms with van der Waals surface area (Å²) < 4.78 is 10.8. The normalized spacial score (nSPS) is 12.5. The van der Waals surface area contributed by atoms with Crippen molar-refractivity contribution < 1.29 is 106 Å². The summed E-state index contributed by atoms with van der Waals surface area (Å²) in [6.07, 6.45) is 25.8. The quantitative estimate of drug-likeness (QED) is 0.0108. The van der Waals surface area contributed by atoms with Crippen LogP contribution in [0.15, 0.2) is 72.8 Å². The molecule has 0 aliphatic carbocycles. The van der Waals surface area contributed by atoms with E-state index in [0.29, 0.717) is 38.8 Å². The number of carbonyl (C=O) groups is 12. The lowest BCUT2D eigenvalue weighted by molar-refractivity contribution is -0.174. The van der Waals surface area contributed by atoms with Gasteiger partial charge in [-0.2, -0.15) is 0 Å². The zero-order chi connectivity index (χ0) is 100. The largest absolute Gasteiger partial charge is 0.479 e. The molecule has 0 aliphatic rings. The van der Waals surface area contributed by atoms with Gasteiger partial charge >= 0.3 is 23.9 Å². The molecule has 0 fully saturated rings. The van der Waals surface area contributed by atoms with Crippen molar-refractivity contribution in [3.8, 4) is 0 Å². The average molecular weight is 1920 g/mol. The fraction of sp³-hybridized carbons (Fsp3) is 0.700. The summed E-state index contributed by atoms with van der Waals surface area (Å²) in [5, 5.41) is 24.4. The SMILES string of the molecule is C.CC(C)C[C@@H](ONC(=O)c1cccc(C(=O)NO[C@H](CC(C)C)C(=O)O)c1)C(=O)O.CC(C)C[C@@H](ONC(=O)c1cccc(C(=O)NO[C@H](CC(C)C)C(=O)OC(C)(C)C)c1)C(=O)OC(C)(C)C.CCCCCCCCCCN.CCCCCCCCCCNC(=O)[C@@H](CC(C)C)ONC(=O)c1cccc(C(=O)NO[C@H](CC(C)C)C(=O)NCCCCCCCCCC)c1.ClCCl. The number of nitrogens with one attached hydrogen (secondary N) is 8. The topological polar surface area (TPSA) is 441 Å². The van der Waals surface area contributed by atoms with Gasteiger partial charge in [-0.1, -0.05) is 264 Å². The van der Waals surface area contributed by atoms with Crippen LogP contribution in [0.3, 0.4) is 0 Å². The van der Waals surface area contributed by atoms with Gasteiger partial charge in [0.05, 0.1) is 5.34 Å².